The van der Waals surface area contributed by atoms with Crippen LogP contribution in [0.15, 0.2) is 24.3 Å². The first-order valence-corrected chi connectivity index (χ1v) is 6.62. The van der Waals surface area contributed by atoms with E-state index in [1.54, 1.807) is 17.4 Å². The summed E-state index contributed by atoms with van der Waals surface area (Å²) in [5.74, 6) is 0. The average Bonchev–Trinajstić information content (AvgIpc) is 2.58. The van der Waals surface area contributed by atoms with Crippen molar-refractivity contribution in [3.8, 4) is 0 Å². The maximum Gasteiger partial charge on any atom is 0.0960 e. The number of aromatic nitrogens is 1. The summed E-state index contributed by atoms with van der Waals surface area (Å²) in [6, 6.07) is 7.37. The summed E-state index contributed by atoms with van der Waals surface area (Å²) in [5, 5.41) is 11.7. The van der Waals surface area contributed by atoms with Gasteiger partial charge < -0.3 is 5.11 Å². The van der Waals surface area contributed by atoms with Crippen LogP contribution in [0.5, 0.6) is 0 Å². The Hall–Kier alpha value is -0.900. The lowest BCUT2D eigenvalue weighted by Gasteiger charge is -2.10. The molecule has 0 fully saturated rings. The zero-order valence-electron chi connectivity index (χ0n) is 9.77. The van der Waals surface area contributed by atoms with E-state index in [-0.39, 0.29) is 0 Å². The standard InChI is InChI=1S/C13H14ClNOS/c1-8-9(2)17-13(15-8)7-12(16)10-5-3-4-6-11(10)14/h3-6,12,16H,7H2,1-2H3. The van der Waals surface area contributed by atoms with Crippen molar-refractivity contribution in [3.05, 3.63) is 50.4 Å². The van der Waals surface area contributed by atoms with E-state index in [9.17, 15) is 5.11 Å². The summed E-state index contributed by atoms with van der Waals surface area (Å²) >= 11 is 7.67. The molecule has 0 saturated carbocycles. The highest BCUT2D eigenvalue weighted by Crippen LogP contribution is 2.27. The van der Waals surface area contributed by atoms with E-state index >= 15 is 0 Å². The van der Waals surface area contributed by atoms with Gasteiger partial charge in [0.2, 0.25) is 0 Å². The predicted molar refractivity (Wildman–Crippen MR) is 71.7 cm³/mol. The number of aryl methyl sites for hydroxylation is 2. The Morgan fingerprint density at radius 1 is 1.35 bits per heavy atom. The van der Waals surface area contributed by atoms with Gasteiger partial charge in [-0.1, -0.05) is 29.8 Å². The SMILES string of the molecule is Cc1nc(CC(O)c2ccccc2Cl)sc1C. The van der Waals surface area contributed by atoms with E-state index in [1.807, 2.05) is 32.0 Å². The van der Waals surface area contributed by atoms with Crippen LogP contribution in [0.2, 0.25) is 5.02 Å². The highest BCUT2D eigenvalue weighted by atomic mass is 35.5. The van der Waals surface area contributed by atoms with Crippen LogP contribution in [0.25, 0.3) is 0 Å². The third-order valence-corrected chi connectivity index (χ3v) is 4.14. The van der Waals surface area contributed by atoms with E-state index in [0.717, 1.165) is 16.3 Å². The van der Waals surface area contributed by atoms with Gasteiger partial charge in [0.15, 0.2) is 0 Å². The van der Waals surface area contributed by atoms with Crippen molar-refractivity contribution in [1.29, 1.82) is 0 Å². The summed E-state index contributed by atoms with van der Waals surface area (Å²) in [6.07, 6.45) is -0.0723. The lowest BCUT2D eigenvalue weighted by Crippen LogP contribution is -2.02. The van der Waals surface area contributed by atoms with Crippen LogP contribution >= 0.6 is 22.9 Å². The van der Waals surface area contributed by atoms with Gasteiger partial charge in [-0.3, -0.25) is 0 Å². The van der Waals surface area contributed by atoms with Gasteiger partial charge in [0.1, 0.15) is 0 Å². The second-order valence-corrected chi connectivity index (χ2v) is 5.69. The van der Waals surface area contributed by atoms with Gasteiger partial charge in [-0.05, 0) is 25.5 Å². The quantitative estimate of drug-likeness (QED) is 0.920. The Morgan fingerprint density at radius 2 is 2.06 bits per heavy atom. The van der Waals surface area contributed by atoms with Gasteiger partial charge in [0.05, 0.1) is 16.8 Å². The molecular weight excluding hydrogens is 254 g/mol. The molecule has 0 saturated heterocycles. The van der Waals surface area contributed by atoms with E-state index < -0.39 is 6.10 Å². The molecule has 1 unspecified atom stereocenters. The lowest BCUT2D eigenvalue weighted by atomic mass is 10.1. The Labute approximate surface area is 110 Å². The molecule has 2 nitrogen and oxygen atoms in total. The average molecular weight is 268 g/mol. The van der Waals surface area contributed by atoms with Crippen LogP contribution in [-0.2, 0) is 6.42 Å². The Morgan fingerprint density at radius 3 is 2.65 bits per heavy atom. The fraction of sp³-hybridized carbons (Fsp3) is 0.308. The van der Waals surface area contributed by atoms with E-state index in [2.05, 4.69) is 4.98 Å². The summed E-state index contributed by atoms with van der Waals surface area (Å²) in [4.78, 5) is 5.62. The predicted octanol–water partition coefficient (Wildman–Crippen LogP) is 3.69. The largest absolute Gasteiger partial charge is 0.388 e. The number of aliphatic hydroxyl groups is 1. The smallest absolute Gasteiger partial charge is 0.0960 e. The van der Waals surface area contributed by atoms with Crippen molar-refractivity contribution in [2.24, 2.45) is 0 Å². The number of halogens is 1. The summed E-state index contributed by atoms with van der Waals surface area (Å²) in [5.41, 5.74) is 1.80. The molecule has 0 bridgehead atoms. The molecule has 17 heavy (non-hydrogen) atoms. The minimum absolute atomic E-state index is 0.517. The van der Waals surface area contributed by atoms with Crippen molar-refractivity contribution in [1.82, 2.24) is 4.98 Å². The molecule has 2 rings (SSSR count). The molecule has 4 heteroatoms. The van der Waals surface area contributed by atoms with Crippen LogP contribution in [0.1, 0.15) is 27.2 Å². The molecular formula is C13H14ClNOS. The number of hydrogen-bond acceptors (Lipinski definition) is 3. The molecule has 0 spiro atoms. The fourth-order valence-electron chi connectivity index (χ4n) is 1.65. The van der Waals surface area contributed by atoms with E-state index in [1.165, 1.54) is 4.88 Å². The molecule has 0 aliphatic carbocycles. The number of thiazole rings is 1. The molecule has 0 amide bonds. The topological polar surface area (TPSA) is 33.1 Å². The normalized spacial score (nSPS) is 12.7. The number of aliphatic hydroxyl groups excluding tert-OH is 1. The monoisotopic (exact) mass is 267 g/mol. The maximum atomic E-state index is 10.1. The first kappa shape index (κ1) is 12.6. The van der Waals surface area contributed by atoms with E-state index in [4.69, 9.17) is 11.6 Å². The van der Waals surface area contributed by atoms with Crippen molar-refractivity contribution >= 4 is 22.9 Å². The molecule has 90 valence electrons. The molecule has 0 aliphatic heterocycles. The second kappa shape index (κ2) is 5.17. The molecule has 1 aromatic carbocycles. The Kier molecular flexibility index (Phi) is 3.82. The van der Waals surface area contributed by atoms with Crippen LogP contribution < -0.4 is 0 Å². The number of benzene rings is 1. The van der Waals surface area contributed by atoms with Crippen LogP contribution in [0.4, 0.5) is 0 Å². The number of rotatable bonds is 3. The van der Waals surface area contributed by atoms with Crippen LogP contribution in [0, 0.1) is 13.8 Å². The fourth-order valence-corrected chi connectivity index (χ4v) is 2.88. The van der Waals surface area contributed by atoms with Crippen molar-refractivity contribution in [3.63, 3.8) is 0 Å². The molecule has 0 radical (unpaired) electrons. The van der Waals surface area contributed by atoms with Gasteiger partial charge in [0, 0.05) is 16.3 Å². The number of hydrogen-bond donors (Lipinski definition) is 1. The summed E-state index contributed by atoms with van der Waals surface area (Å²) in [7, 11) is 0. The molecule has 2 aromatic rings. The zero-order chi connectivity index (χ0) is 12.4. The minimum Gasteiger partial charge on any atom is -0.388 e. The van der Waals surface area contributed by atoms with Crippen molar-refractivity contribution in [2.75, 3.05) is 0 Å². The van der Waals surface area contributed by atoms with Crippen molar-refractivity contribution in [2.45, 2.75) is 26.4 Å². The van der Waals surface area contributed by atoms with Crippen LogP contribution in [-0.4, -0.2) is 10.1 Å². The Balaban J connectivity index is 2.17. The van der Waals surface area contributed by atoms with Gasteiger partial charge in [0.25, 0.3) is 0 Å². The molecule has 1 aromatic heterocycles. The first-order valence-electron chi connectivity index (χ1n) is 5.43. The zero-order valence-corrected chi connectivity index (χ0v) is 11.3. The first-order chi connectivity index (χ1) is 8.08. The third kappa shape index (κ3) is 2.86. The lowest BCUT2D eigenvalue weighted by molar-refractivity contribution is 0.178. The maximum absolute atomic E-state index is 10.1. The minimum atomic E-state index is -0.589. The highest BCUT2D eigenvalue weighted by molar-refractivity contribution is 7.11. The molecule has 1 N–H and O–H groups in total. The molecule has 1 atom stereocenters. The Bertz CT molecular complexity index is 504. The van der Waals surface area contributed by atoms with Crippen LogP contribution in [0.3, 0.4) is 0 Å². The molecule has 1 heterocycles. The van der Waals surface area contributed by atoms with Crippen molar-refractivity contribution < 1.29 is 5.11 Å². The van der Waals surface area contributed by atoms with Gasteiger partial charge in [-0.25, -0.2) is 4.98 Å². The number of nitrogens with zero attached hydrogens (tertiary/aromatic N) is 1. The van der Waals surface area contributed by atoms with Gasteiger partial charge in [-0.2, -0.15) is 0 Å². The highest BCUT2D eigenvalue weighted by Gasteiger charge is 2.14. The van der Waals surface area contributed by atoms with E-state index in [0.29, 0.717) is 11.4 Å². The van der Waals surface area contributed by atoms with Gasteiger partial charge in [-0.15, -0.1) is 11.3 Å². The summed E-state index contributed by atoms with van der Waals surface area (Å²) in [6.45, 7) is 4.02. The molecule has 0 aliphatic rings. The summed E-state index contributed by atoms with van der Waals surface area (Å²) < 4.78 is 0. The second-order valence-electron chi connectivity index (χ2n) is 3.99. The third-order valence-electron chi connectivity index (χ3n) is 2.71. The van der Waals surface area contributed by atoms with Gasteiger partial charge >= 0.3 is 0 Å².